The summed E-state index contributed by atoms with van der Waals surface area (Å²) in [5, 5.41) is 11.5. The Balaban J connectivity index is 1.83. The van der Waals surface area contributed by atoms with E-state index in [2.05, 4.69) is 18.7 Å². The van der Waals surface area contributed by atoms with Crippen molar-refractivity contribution < 1.29 is 9.66 Å². The molecule has 4 rings (SSSR count). The molecule has 0 radical (unpaired) electrons. The van der Waals surface area contributed by atoms with Crippen LogP contribution in [-0.4, -0.2) is 39.4 Å². The van der Waals surface area contributed by atoms with Crippen molar-refractivity contribution in [3.63, 3.8) is 0 Å². The molecule has 0 saturated carbocycles. The summed E-state index contributed by atoms with van der Waals surface area (Å²) in [5.74, 6) is 1.49. The van der Waals surface area contributed by atoms with Gasteiger partial charge in [0, 0.05) is 43.1 Å². The number of ether oxygens (including phenoxy) is 1. The highest BCUT2D eigenvalue weighted by atomic mass is 16.6. The number of hydrogen-bond donors (Lipinski definition) is 1. The van der Waals surface area contributed by atoms with E-state index in [1.165, 1.54) is 19.6 Å². The van der Waals surface area contributed by atoms with E-state index in [0.29, 0.717) is 29.6 Å². The highest BCUT2D eigenvalue weighted by Crippen LogP contribution is 2.34. The van der Waals surface area contributed by atoms with Gasteiger partial charge >= 0.3 is 5.69 Å². The lowest BCUT2D eigenvalue weighted by atomic mass is 9.92. The molecule has 2 N–H and O–H groups in total. The van der Waals surface area contributed by atoms with E-state index in [0.717, 1.165) is 30.1 Å². The molecule has 0 amide bonds. The van der Waals surface area contributed by atoms with Crippen LogP contribution in [-0.2, 0) is 6.54 Å². The first-order chi connectivity index (χ1) is 14.4. The minimum absolute atomic E-state index is 0.0715. The minimum Gasteiger partial charge on any atom is -0.490 e. The number of methoxy groups -OCH3 is 1. The Labute approximate surface area is 175 Å². The van der Waals surface area contributed by atoms with Gasteiger partial charge in [0.05, 0.1) is 23.4 Å². The molecule has 2 unspecified atom stereocenters. The summed E-state index contributed by atoms with van der Waals surface area (Å²) in [5.41, 5.74) is 9.81. The van der Waals surface area contributed by atoms with Crippen LogP contribution in [0.25, 0.3) is 16.9 Å². The maximum atomic E-state index is 11.5. The van der Waals surface area contributed by atoms with Gasteiger partial charge in [0.25, 0.3) is 0 Å². The molecule has 8 nitrogen and oxygen atoms in total. The third-order valence-electron chi connectivity index (χ3n) is 5.71. The predicted molar refractivity (Wildman–Crippen MR) is 116 cm³/mol. The Bertz CT molecular complexity index is 1080. The monoisotopic (exact) mass is 409 g/mol. The van der Waals surface area contributed by atoms with E-state index in [4.69, 9.17) is 15.5 Å². The van der Waals surface area contributed by atoms with Crippen molar-refractivity contribution in [1.29, 1.82) is 0 Å². The molecule has 2 aromatic heterocycles. The zero-order chi connectivity index (χ0) is 21.4. The SMILES string of the molecule is COc1ccc(-c2nc3ccc(N)cn3c2CN2CC(C)CC(C)C2)cc1[N+](=O)[O-]. The van der Waals surface area contributed by atoms with Gasteiger partial charge in [-0.2, -0.15) is 0 Å². The lowest BCUT2D eigenvalue weighted by molar-refractivity contribution is -0.385. The summed E-state index contributed by atoms with van der Waals surface area (Å²) in [6.45, 7) is 7.30. The van der Waals surface area contributed by atoms with Gasteiger partial charge in [0.1, 0.15) is 5.65 Å². The third kappa shape index (κ3) is 3.82. The molecular formula is C22H27N5O3. The molecule has 1 aliphatic rings. The molecular weight excluding hydrogens is 382 g/mol. The van der Waals surface area contributed by atoms with Crippen LogP contribution in [0.4, 0.5) is 11.4 Å². The van der Waals surface area contributed by atoms with Crippen LogP contribution in [0.3, 0.4) is 0 Å². The molecule has 30 heavy (non-hydrogen) atoms. The Hall–Kier alpha value is -3.13. The number of pyridine rings is 1. The van der Waals surface area contributed by atoms with Gasteiger partial charge in [0.15, 0.2) is 5.75 Å². The van der Waals surface area contributed by atoms with Gasteiger partial charge in [-0.05, 0) is 42.5 Å². The second-order valence-electron chi connectivity index (χ2n) is 8.38. The van der Waals surface area contributed by atoms with Crippen molar-refractivity contribution in [3.8, 4) is 17.0 Å². The zero-order valence-electron chi connectivity index (χ0n) is 17.5. The Kier molecular flexibility index (Phi) is 5.34. The summed E-state index contributed by atoms with van der Waals surface area (Å²) in [6.07, 6.45) is 3.10. The quantitative estimate of drug-likeness (QED) is 0.505. The van der Waals surface area contributed by atoms with E-state index in [1.807, 2.05) is 28.8 Å². The molecule has 8 heteroatoms. The second-order valence-corrected chi connectivity index (χ2v) is 8.38. The number of fused-ring (bicyclic) bond motifs is 1. The van der Waals surface area contributed by atoms with Crippen LogP contribution >= 0.6 is 0 Å². The van der Waals surface area contributed by atoms with Gasteiger partial charge in [-0.15, -0.1) is 0 Å². The number of piperidine rings is 1. The van der Waals surface area contributed by atoms with E-state index < -0.39 is 4.92 Å². The van der Waals surface area contributed by atoms with E-state index >= 15 is 0 Å². The summed E-state index contributed by atoms with van der Waals surface area (Å²) in [6, 6.07) is 8.68. The van der Waals surface area contributed by atoms with Crippen LogP contribution in [0.15, 0.2) is 36.5 Å². The number of nitrogen functional groups attached to an aromatic ring is 1. The fourth-order valence-corrected chi connectivity index (χ4v) is 4.60. The fourth-order valence-electron chi connectivity index (χ4n) is 4.60. The number of hydrogen-bond acceptors (Lipinski definition) is 6. The Morgan fingerprint density at radius 1 is 1.23 bits per heavy atom. The topological polar surface area (TPSA) is 98.9 Å². The lowest BCUT2D eigenvalue weighted by Crippen LogP contribution is -2.38. The predicted octanol–water partition coefficient (Wildman–Crippen LogP) is 3.98. The van der Waals surface area contributed by atoms with Gasteiger partial charge in [-0.25, -0.2) is 4.98 Å². The van der Waals surface area contributed by atoms with Crippen LogP contribution in [0.2, 0.25) is 0 Å². The molecule has 3 heterocycles. The number of imidazole rings is 1. The van der Waals surface area contributed by atoms with Crippen LogP contribution in [0.5, 0.6) is 5.75 Å². The van der Waals surface area contributed by atoms with Crippen LogP contribution in [0, 0.1) is 22.0 Å². The molecule has 0 spiro atoms. The maximum Gasteiger partial charge on any atom is 0.311 e. The molecule has 1 fully saturated rings. The van der Waals surface area contributed by atoms with Gasteiger partial charge in [0.2, 0.25) is 0 Å². The third-order valence-corrected chi connectivity index (χ3v) is 5.71. The number of anilines is 1. The first-order valence-electron chi connectivity index (χ1n) is 10.2. The van der Waals surface area contributed by atoms with E-state index in [-0.39, 0.29) is 11.4 Å². The van der Waals surface area contributed by atoms with Crippen molar-refractivity contribution in [3.05, 3.63) is 52.3 Å². The summed E-state index contributed by atoms with van der Waals surface area (Å²) < 4.78 is 7.16. The highest BCUT2D eigenvalue weighted by Gasteiger charge is 2.25. The van der Waals surface area contributed by atoms with Gasteiger partial charge < -0.3 is 14.9 Å². The number of likely N-dealkylation sites (tertiary alicyclic amines) is 1. The summed E-state index contributed by atoms with van der Waals surface area (Å²) in [7, 11) is 1.43. The van der Waals surface area contributed by atoms with Crippen molar-refractivity contribution >= 4 is 17.0 Å². The molecule has 1 aromatic carbocycles. The molecule has 1 aliphatic heterocycles. The molecule has 0 aliphatic carbocycles. The van der Waals surface area contributed by atoms with Crippen molar-refractivity contribution in [2.45, 2.75) is 26.8 Å². The average molecular weight is 409 g/mol. The summed E-state index contributed by atoms with van der Waals surface area (Å²) >= 11 is 0. The van der Waals surface area contributed by atoms with Crippen LogP contribution < -0.4 is 10.5 Å². The number of benzene rings is 1. The van der Waals surface area contributed by atoms with Crippen LogP contribution in [0.1, 0.15) is 26.0 Å². The van der Waals surface area contributed by atoms with E-state index in [9.17, 15) is 10.1 Å². The number of nitro benzene ring substituents is 1. The van der Waals surface area contributed by atoms with Gasteiger partial charge in [-0.1, -0.05) is 13.8 Å². The Morgan fingerprint density at radius 2 is 1.97 bits per heavy atom. The first kappa shape index (κ1) is 20.2. The smallest absolute Gasteiger partial charge is 0.311 e. The Morgan fingerprint density at radius 3 is 2.63 bits per heavy atom. The molecule has 2 atom stereocenters. The normalized spacial score (nSPS) is 19.8. The van der Waals surface area contributed by atoms with Crippen molar-refractivity contribution in [2.75, 3.05) is 25.9 Å². The van der Waals surface area contributed by atoms with Crippen molar-refractivity contribution in [2.24, 2.45) is 11.8 Å². The molecule has 1 saturated heterocycles. The molecule has 0 bridgehead atoms. The largest absolute Gasteiger partial charge is 0.490 e. The number of nitrogens with zero attached hydrogens (tertiary/aromatic N) is 4. The number of nitrogens with two attached hydrogens (primary N) is 1. The fraction of sp³-hybridized carbons (Fsp3) is 0.409. The maximum absolute atomic E-state index is 11.5. The standard InChI is InChI=1S/C22H27N5O3/c1-14-8-15(2)11-25(10-14)13-19-22(24-21-7-5-17(23)12-26(19)21)16-4-6-20(30-3)18(9-16)27(28)29/h4-7,9,12,14-15H,8,10-11,13,23H2,1-3H3. The number of rotatable bonds is 5. The molecule has 158 valence electrons. The zero-order valence-corrected chi connectivity index (χ0v) is 17.5. The average Bonchev–Trinajstić information content (AvgIpc) is 3.04. The molecule has 3 aromatic rings. The lowest BCUT2D eigenvalue weighted by Gasteiger charge is -2.35. The minimum atomic E-state index is -0.427. The second kappa shape index (κ2) is 7.95. The van der Waals surface area contributed by atoms with Crippen molar-refractivity contribution in [1.82, 2.24) is 14.3 Å². The number of aromatic nitrogens is 2. The first-order valence-corrected chi connectivity index (χ1v) is 10.2. The van der Waals surface area contributed by atoms with E-state index in [1.54, 1.807) is 6.07 Å². The summed E-state index contributed by atoms with van der Waals surface area (Å²) in [4.78, 5) is 18.3. The van der Waals surface area contributed by atoms with Gasteiger partial charge in [-0.3, -0.25) is 15.0 Å². The highest BCUT2D eigenvalue weighted by molar-refractivity contribution is 5.71. The number of nitro groups is 1.